The van der Waals surface area contributed by atoms with Crippen LogP contribution in [0, 0.1) is 0 Å². The van der Waals surface area contributed by atoms with Crippen LogP contribution in [0.25, 0.3) is 0 Å². The van der Waals surface area contributed by atoms with Crippen LogP contribution in [0.15, 0.2) is 30.5 Å². The molecule has 0 unspecified atom stereocenters. The second kappa shape index (κ2) is 6.23. The first-order chi connectivity index (χ1) is 9.69. The Morgan fingerprint density at radius 1 is 1.20 bits per heavy atom. The van der Waals surface area contributed by atoms with Crippen molar-refractivity contribution in [2.45, 2.75) is 19.9 Å². The third-order valence-corrected chi connectivity index (χ3v) is 3.17. The predicted octanol–water partition coefficient (Wildman–Crippen LogP) is 2.35. The highest BCUT2D eigenvalue weighted by Crippen LogP contribution is 2.27. The van der Waals surface area contributed by atoms with Gasteiger partial charge in [-0.3, -0.25) is 9.48 Å². The highest BCUT2D eigenvalue weighted by Gasteiger charge is 2.12. The Bertz CT molecular complexity index is 605. The van der Waals surface area contributed by atoms with Gasteiger partial charge in [0, 0.05) is 17.5 Å². The van der Waals surface area contributed by atoms with Crippen LogP contribution in [0.1, 0.15) is 23.0 Å². The number of nitrogens with zero attached hydrogens (tertiary/aromatic N) is 2. The molecule has 5 heteroatoms. The van der Waals surface area contributed by atoms with E-state index in [4.69, 9.17) is 9.47 Å². The van der Waals surface area contributed by atoms with Crippen molar-refractivity contribution in [3.05, 3.63) is 41.7 Å². The van der Waals surface area contributed by atoms with E-state index in [0.717, 1.165) is 12.1 Å². The molecule has 0 fully saturated rings. The number of Topliss-reactive ketones (excluding diaryl/α,β-unsaturated/α-hetero) is 1. The Morgan fingerprint density at radius 3 is 2.60 bits per heavy atom. The van der Waals surface area contributed by atoms with Gasteiger partial charge in [0.2, 0.25) is 0 Å². The maximum atomic E-state index is 12.3. The van der Waals surface area contributed by atoms with Gasteiger partial charge in [-0.2, -0.15) is 5.10 Å². The Morgan fingerprint density at radius 2 is 1.95 bits per heavy atom. The third kappa shape index (κ3) is 2.82. The zero-order valence-corrected chi connectivity index (χ0v) is 11.9. The molecule has 5 nitrogen and oxygen atoms in total. The molecule has 106 valence electrons. The average Bonchev–Trinajstić information content (AvgIpc) is 2.93. The number of aryl methyl sites for hydroxylation is 1. The molecular weight excluding hydrogens is 256 g/mol. The van der Waals surface area contributed by atoms with Gasteiger partial charge >= 0.3 is 0 Å². The van der Waals surface area contributed by atoms with Crippen LogP contribution in [0.3, 0.4) is 0 Å². The average molecular weight is 274 g/mol. The number of aromatic nitrogens is 2. The summed E-state index contributed by atoms with van der Waals surface area (Å²) < 4.78 is 12.1. The molecule has 0 N–H and O–H groups in total. The van der Waals surface area contributed by atoms with E-state index in [1.807, 2.05) is 13.0 Å². The molecule has 0 radical (unpaired) electrons. The minimum absolute atomic E-state index is 0.00986. The van der Waals surface area contributed by atoms with Crippen molar-refractivity contribution < 1.29 is 14.3 Å². The van der Waals surface area contributed by atoms with Gasteiger partial charge in [0.05, 0.1) is 14.2 Å². The molecule has 20 heavy (non-hydrogen) atoms. The van der Waals surface area contributed by atoms with E-state index in [2.05, 4.69) is 5.10 Å². The number of methoxy groups -OCH3 is 2. The largest absolute Gasteiger partial charge is 0.493 e. The summed E-state index contributed by atoms with van der Waals surface area (Å²) in [4.78, 5) is 12.3. The van der Waals surface area contributed by atoms with E-state index in [9.17, 15) is 4.79 Å². The summed E-state index contributed by atoms with van der Waals surface area (Å²) >= 11 is 0. The highest BCUT2D eigenvalue weighted by molar-refractivity contribution is 5.96. The van der Waals surface area contributed by atoms with Gasteiger partial charge in [-0.15, -0.1) is 0 Å². The van der Waals surface area contributed by atoms with Crippen LogP contribution < -0.4 is 9.47 Å². The summed E-state index contributed by atoms with van der Waals surface area (Å²) in [6, 6.07) is 7.08. The van der Waals surface area contributed by atoms with Crippen molar-refractivity contribution in [3.8, 4) is 11.5 Å². The number of benzene rings is 1. The second-order valence-electron chi connectivity index (χ2n) is 4.33. The number of hydrogen-bond donors (Lipinski definition) is 0. The number of carbonyl (C=O) groups excluding carboxylic acids is 1. The van der Waals surface area contributed by atoms with Gasteiger partial charge < -0.3 is 9.47 Å². The molecule has 1 heterocycles. The fourth-order valence-corrected chi connectivity index (χ4v) is 2.04. The van der Waals surface area contributed by atoms with Crippen LogP contribution in [0.5, 0.6) is 11.5 Å². The van der Waals surface area contributed by atoms with Crippen LogP contribution in [0.2, 0.25) is 0 Å². The minimum atomic E-state index is -0.00986. The van der Waals surface area contributed by atoms with E-state index >= 15 is 0 Å². The van der Waals surface area contributed by atoms with Gasteiger partial charge in [-0.25, -0.2) is 0 Å². The molecule has 0 atom stereocenters. The van der Waals surface area contributed by atoms with Gasteiger partial charge in [-0.1, -0.05) is 6.92 Å². The highest BCUT2D eigenvalue weighted by atomic mass is 16.5. The molecule has 0 spiro atoms. The molecule has 0 aliphatic rings. The first-order valence-corrected chi connectivity index (χ1v) is 6.45. The summed E-state index contributed by atoms with van der Waals surface area (Å²) in [6.07, 6.45) is 2.56. The van der Waals surface area contributed by atoms with Gasteiger partial charge in [-0.05, 0) is 30.7 Å². The fourth-order valence-electron chi connectivity index (χ4n) is 2.04. The summed E-state index contributed by atoms with van der Waals surface area (Å²) in [7, 11) is 3.12. The quantitative estimate of drug-likeness (QED) is 0.759. The lowest BCUT2D eigenvalue weighted by atomic mass is 10.1. The van der Waals surface area contributed by atoms with Crippen molar-refractivity contribution in [2.75, 3.05) is 14.2 Å². The van der Waals surface area contributed by atoms with Crippen molar-refractivity contribution in [2.24, 2.45) is 0 Å². The van der Waals surface area contributed by atoms with E-state index in [1.54, 1.807) is 43.3 Å². The van der Waals surface area contributed by atoms with Crippen molar-refractivity contribution in [1.29, 1.82) is 0 Å². The molecule has 0 saturated carbocycles. The lowest BCUT2D eigenvalue weighted by Gasteiger charge is -2.10. The number of hydrogen-bond acceptors (Lipinski definition) is 4. The van der Waals surface area contributed by atoms with Crippen molar-refractivity contribution in [3.63, 3.8) is 0 Å². The van der Waals surface area contributed by atoms with Gasteiger partial charge in [0.25, 0.3) is 0 Å². The Kier molecular flexibility index (Phi) is 4.40. The normalized spacial score (nSPS) is 10.3. The smallest absolute Gasteiger partial charge is 0.184 e. The summed E-state index contributed by atoms with van der Waals surface area (Å²) in [5, 5.41) is 4.17. The first kappa shape index (κ1) is 14.1. The summed E-state index contributed by atoms with van der Waals surface area (Å²) in [6.45, 7) is 2.26. The van der Waals surface area contributed by atoms with Crippen molar-refractivity contribution >= 4 is 5.78 Å². The third-order valence-electron chi connectivity index (χ3n) is 3.17. The SMILES string of the molecule is CCc1ccnn1CC(=O)c1ccc(OC)c(OC)c1. The number of carbonyl (C=O) groups is 1. The van der Waals surface area contributed by atoms with E-state index in [-0.39, 0.29) is 12.3 Å². The maximum absolute atomic E-state index is 12.3. The predicted molar refractivity (Wildman–Crippen MR) is 75.5 cm³/mol. The molecule has 0 aliphatic carbocycles. The van der Waals surface area contributed by atoms with Crippen LogP contribution in [-0.2, 0) is 13.0 Å². The Hall–Kier alpha value is -2.30. The zero-order valence-electron chi connectivity index (χ0n) is 11.9. The van der Waals surface area contributed by atoms with E-state index < -0.39 is 0 Å². The van der Waals surface area contributed by atoms with Gasteiger partial charge in [0.1, 0.15) is 6.54 Å². The zero-order chi connectivity index (χ0) is 14.5. The molecule has 2 aromatic rings. The molecule has 0 amide bonds. The maximum Gasteiger partial charge on any atom is 0.184 e. The first-order valence-electron chi connectivity index (χ1n) is 6.45. The monoisotopic (exact) mass is 274 g/mol. The topological polar surface area (TPSA) is 53.4 Å². The lowest BCUT2D eigenvalue weighted by Crippen LogP contribution is -2.14. The molecule has 1 aromatic heterocycles. The summed E-state index contributed by atoms with van der Waals surface area (Å²) in [5.41, 5.74) is 1.62. The Labute approximate surface area is 118 Å². The number of ketones is 1. The van der Waals surface area contributed by atoms with Crippen LogP contribution >= 0.6 is 0 Å². The second-order valence-corrected chi connectivity index (χ2v) is 4.33. The number of rotatable bonds is 6. The number of ether oxygens (including phenoxy) is 2. The molecule has 0 saturated heterocycles. The standard InChI is InChI=1S/C15H18N2O3/c1-4-12-7-8-16-17(12)10-13(18)11-5-6-14(19-2)15(9-11)20-3/h5-9H,4,10H2,1-3H3. The van der Waals surface area contributed by atoms with Crippen LogP contribution in [-0.4, -0.2) is 29.8 Å². The van der Waals surface area contributed by atoms with E-state index in [1.165, 1.54) is 0 Å². The van der Waals surface area contributed by atoms with Gasteiger partial charge in [0.15, 0.2) is 17.3 Å². The van der Waals surface area contributed by atoms with Crippen LogP contribution in [0.4, 0.5) is 0 Å². The van der Waals surface area contributed by atoms with E-state index in [0.29, 0.717) is 17.1 Å². The molecule has 0 bridgehead atoms. The molecule has 2 rings (SSSR count). The molecular formula is C15H18N2O3. The summed E-state index contributed by atoms with van der Waals surface area (Å²) in [5.74, 6) is 1.15. The van der Waals surface area contributed by atoms with Crippen molar-refractivity contribution in [1.82, 2.24) is 9.78 Å². The fraction of sp³-hybridized carbons (Fsp3) is 0.333. The lowest BCUT2D eigenvalue weighted by molar-refractivity contribution is 0.0966. The molecule has 0 aliphatic heterocycles. The molecule has 1 aromatic carbocycles. The Balaban J connectivity index is 2.21. The minimum Gasteiger partial charge on any atom is -0.493 e.